The van der Waals surface area contributed by atoms with Crippen LogP contribution in [0, 0.1) is 5.41 Å². The minimum Gasteiger partial charge on any atom is -0.376 e. The molecule has 0 saturated carbocycles. The monoisotopic (exact) mass is 543 g/mol. The average molecular weight is 544 g/mol. The summed E-state index contributed by atoms with van der Waals surface area (Å²) in [7, 11) is -4.20. The van der Waals surface area contributed by atoms with Gasteiger partial charge in [0.05, 0.1) is 27.7 Å². The molecule has 4 heterocycles. The largest absolute Gasteiger partial charge is 0.376 e. The van der Waals surface area contributed by atoms with Gasteiger partial charge in [0, 0.05) is 29.4 Å². The second kappa shape index (κ2) is 8.77. The molecule has 34 heavy (non-hydrogen) atoms. The molecule has 0 bridgehead atoms. The molecule has 2 saturated heterocycles. The molecule has 2 aromatic heterocycles. The number of nitrogens with zero attached hydrogens (tertiary/aromatic N) is 5. The lowest BCUT2D eigenvalue weighted by molar-refractivity contribution is 0.0973. The predicted octanol–water partition coefficient (Wildman–Crippen LogP) is 2.56. The van der Waals surface area contributed by atoms with Gasteiger partial charge in [0.25, 0.3) is 10.0 Å². The Morgan fingerprint density at radius 1 is 1.26 bits per heavy atom. The molecular weight excluding hydrogens is 521 g/mol. The van der Waals surface area contributed by atoms with Crippen molar-refractivity contribution in [2.75, 3.05) is 24.6 Å². The molecule has 0 amide bonds. The van der Waals surface area contributed by atoms with Crippen molar-refractivity contribution in [3.63, 3.8) is 0 Å². The quantitative estimate of drug-likeness (QED) is 0.474. The Morgan fingerprint density at radius 3 is 2.65 bits per heavy atom. The lowest BCUT2D eigenvalue weighted by Gasteiger charge is -2.41. The van der Waals surface area contributed by atoms with E-state index in [1.807, 2.05) is 11.8 Å². The van der Waals surface area contributed by atoms with E-state index in [0.717, 1.165) is 24.6 Å². The summed E-state index contributed by atoms with van der Waals surface area (Å²) in [6, 6.07) is 5.05. The fourth-order valence-electron chi connectivity index (χ4n) is 4.61. The number of fused-ring (bicyclic) bond motifs is 1. The Morgan fingerprint density at radius 2 is 2.00 bits per heavy atom. The molecule has 10 nitrogen and oxygen atoms in total. The lowest BCUT2D eigenvalue weighted by Crippen LogP contribution is -2.51. The maximum atomic E-state index is 12.6. The third kappa shape index (κ3) is 4.04. The van der Waals surface area contributed by atoms with Gasteiger partial charge in [-0.05, 0) is 31.9 Å². The number of piperidine rings is 1. The lowest BCUT2D eigenvalue weighted by atomic mass is 9.73. The van der Waals surface area contributed by atoms with Gasteiger partial charge in [-0.3, -0.25) is 0 Å². The van der Waals surface area contributed by atoms with Gasteiger partial charge >= 0.3 is 0 Å². The molecule has 2 aliphatic rings. The third-order valence-electron chi connectivity index (χ3n) is 6.62. The highest BCUT2D eigenvalue weighted by molar-refractivity contribution is 8.00. The minimum absolute atomic E-state index is 0.00954. The summed E-state index contributed by atoms with van der Waals surface area (Å²) in [5, 5.41) is 10.3. The van der Waals surface area contributed by atoms with E-state index in [1.54, 1.807) is 18.2 Å². The third-order valence-corrected chi connectivity index (χ3v) is 9.66. The molecule has 2 fully saturated rings. The number of anilines is 1. The van der Waals surface area contributed by atoms with Crippen LogP contribution in [-0.2, 0) is 14.8 Å². The van der Waals surface area contributed by atoms with Crippen LogP contribution in [0.3, 0.4) is 0 Å². The summed E-state index contributed by atoms with van der Waals surface area (Å²) in [5.41, 5.74) is 6.65. The van der Waals surface area contributed by atoms with Crippen LogP contribution in [0.15, 0.2) is 39.3 Å². The summed E-state index contributed by atoms with van der Waals surface area (Å²) >= 11 is 13.6. The molecule has 4 N–H and O–H groups in total. The van der Waals surface area contributed by atoms with Gasteiger partial charge in [-0.2, -0.15) is 14.6 Å². The first-order valence-electron chi connectivity index (χ1n) is 10.6. The number of rotatable bonds is 4. The molecule has 182 valence electrons. The van der Waals surface area contributed by atoms with Crippen molar-refractivity contribution >= 4 is 56.6 Å². The number of aromatic nitrogens is 4. The van der Waals surface area contributed by atoms with E-state index in [0.29, 0.717) is 46.2 Å². The first-order valence-corrected chi connectivity index (χ1v) is 13.7. The molecule has 3 aromatic rings. The Bertz CT molecular complexity index is 1360. The van der Waals surface area contributed by atoms with Crippen LogP contribution >= 0.6 is 35.0 Å². The highest BCUT2D eigenvalue weighted by Crippen LogP contribution is 2.44. The van der Waals surface area contributed by atoms with Gasteiger partial charge in [0.1, 0.15) is 6.33 Å². The first kappa shape index (κ1) is 24.0. The van der Waals surface area contributed by atoms with E-state index >= 15 is 0 Å². The smallest absolute Gasteiger partial charge is 0.256 e. The van der Waals surface area contributed by atoms with E-state index in [4.69, 9.17) is 38.8 Å². The van der Waals surface area contributed by atoms with Crippen LogP contribution in [0.25, 0.3) is 5.65 Å². The topological polar surface area (TPSA) is 142 Å². The molecule has 14 heteroatoms. The predicted molar refractivity (Wildman–Crippen MR) is 130 cm³/mol. The van der Waals surface area contributed by atoms with Gasteiger partial charge in [0.15, 0.2) is 10.7 Å². The first-order chi connectivity index (χ1) is 16.1. The summed E-state index contributed by atoms with van der Waals surface area (Å²) in [4.78, 5) is 11.5. The van der Waals surface area contributed by atoms with E-state index in [-0.39, 0.29) is 27.5 Å². The fourth-order valence-corrected chi connectivity index (χ4v) is 7.05. The summed E-state index contributed by atoms with van der Waals surface area (Å²) in [5.74, 6) is 0.355. The normalized spacial score (nSPS) is 22.7. The second-order valence-corrected chi connectivity index (χ2v) is 11.9. The van der Waals surface area contributed by atoms with E-state index < -0.39 is 10.0 Å². The van der Waals surface area contributed by atoms with Crippen LogP contribution < -0.4 is 15.8 Å². The standard InChI is InChI=1S/C20H23Cl2N7O3S2/c1-11-16(23)20(9-32-11)5-7-28(8-6-20)19-27-18(34(24,30)31)15(17-25-10-26-29(17)19)33-13-4-2-3-12(21)14(13)22/h2-4,10-11,16H,5-9,23H2,1H3,(H2,24,30,31). The molecule has 1 spiro atoms. The summed E-state index contributed by atoms with van der Waals surface area (Å²) < 4.78 is 32.6. The molecule has 0 radical (unpaired) electrons. The Hall–Kier alpha value is -1.67. The molecule has 2 atom stereocenters. The highest BCUT2D eigenvalue weighted by Gasteiger charge is 2.48. The molecule has 0 aliphatic carbocycles. The number of sulfonamides is 1. The van der Waals surface area contributed by atoms with Gasteiger partial charge in [0.2, 0.25) is 5.95 Å². The molecule has 1 aromatic carbocycles. The fraction of sp³-hybridized carbons (Fsp3) is 0.450. The van der Waals surface area contributed by atoms with Crippen LogP contribution in [-0.4, -0.2) is 59.8 Å². The van der Waals surface area contributed by atoms with Crippen LogP contribution in [0.2, 0.25) is 10.0 Å². The number of benzene rings is 1. The van der Waals surface area contributed by atoms with Crippen molar-refractivity contribution in [2.45, 2.75) is 46.7 Å². The Kier molecular flexibility index (Phi) is 6.20. The second-order valence-electron chi connectivity index (χ2n) is 8.63. The minimum atomic E-state index is -4.20. The Labute approximate surface area is 211 Å². The van der Waals surface area contributed by atoms with Crippen LogP contribution in [0.5, 0.6) is 0 Å². The van der Waals surface area contributed by atoms with Gasteiger partial charge in [-0.25, -0.2) is 18.5 Å². The molecule has 5 rings (SSSR count). The van der Waals surface area contributed by atoms with Crippen molar-refractivity contribution in [1.29, 1.82) is 0 Å². The van der Waals surface area contributed by atoms with Gasteiger partial charge in [-0.15, -0.1) is 0 Å². The van der Waals surface area contributed by atoms with E-state index in [9.17, 15) is 8.42 Å². The van der Waals surface area contributed by atoms with Crippen molar-refractivity contribution in [3.8, 4) is 0 Å². The number of primary sulfonamides is 1. The highest BCUT2D eigenvalue weighted by atomic mass is 35.5. The maximum Gasteiger partial charge on any atom is 0.256 e. The number of ether oxygens (including phenoxy) is 1. The SMILES string of the molecule is CC1OCC2(CCN(c3nc(S(N)(=O)=O)c(Sc4cccc(Cl)c4Cl)c4ncnn34)CC2)C1N. The molecule has 2 aliphatic heterocycles. The van der Waals surface area contributed by atoms with Crippen molar-refractivity contribution in [2.24, 2.45) is 16.3 Å². The molecule has 2 unspecified atom stereocenters. The van der Waals surface area contributed by atoms with E-state index in [2.05, 4.69) is 15.1 Å². The van der Waals surface area contributed by atoms with Crippen molar-refractivity contribution in [1.82, 2.24) is 19.6 Å². The van der Waals surface area contributed by atoms with Gasteiger partial charge < -0.3 is 15.4 Å². The van der Waals surface area contributed by atoms with Crippen LogP contribution in [0.4, 0.5) is 5.95 Å². The Balaban J connectivity index is 1.56. The number of hydrogen-bond acceptors (Lipinski definition) is 9. The summed E-state index contributed by atoms with van der Waals surface area (Å²) in [6.45, 7) is 3.84. The number of hydrogen-bond donors (Lipinski definition) is 2. The number of nitrogens with two attached hydrogens (primary N) is 2. The summed E-state index contributed by atoms with van der Waals surface area (Å²) in [6.07, 6.45) is 2.94. The van der Waals surface area contributed by atoms with Crippen molar-refractivity contribution in [3.05, 3.63) is 34.6 Å². The zero-order valence-corrected chi connectivity index (χ0v) is 21.3. The van der Waals surface area contributed by atoms with Crippen molar-refractivity contribution < 1.29 is 13.2 Å². The zero-order chi connectivity index (χ0) is 24.3. The molecular formula is C20H23Cl2N7O3S2. The number of halogens is 2. The average Bonchev–Trinajstić information content (AvgIpc) is 3.39. The van der Waals surface area contributed by atoms with Crippen LogP contribution in [0.1, 0.15) is 19.8 Å². The van der Waals surface area contributed by atoms with E-state index in [1.165, 1.54) is 10.8 Å². The zero-order valence-electron chi connectivity index (χ0n) is 18.2. The maximum absolute atomic E-state index is 12.6. The van der Waals surface area contributed by atoms with Gasteiger partial charge in [-0.1, -0.05) is 41.0 Å².